The second-order valence-electron chi connectivity index (χ2n) is 7.58. The predicted octanol–water partition coefficient (Wildman–Crippen LogP) is 2.14. The molecule has 4 heteroatoms. The van der Waals surface area contributed by atoms with Crippen LogP contribution >= 0.6 is 0 Å². The van der Waals surface area contributed by atoms with Gasteiger partial charge in [0.05, 0.1) is 5.60 Å². The van der Waals surface area contributed by atoms with Crippen LogP contribution in [0.1, 0.15) is 44.9 Å². The predicted molar refractivity (Wildman–Crippen MR) is 83.1 cm³/mol. The van der Waals surface area contributed by atoms with E-state index < -0.39 is 0 Å². The van der Waals surface area contributed by atoms with Crippen LogP contribution in [0.5, 0.6) is 0 Å². The molecule has 0 N–H and O–H groups in total. The monoisotopic (exact) mass is 294 g/mol. The van der Waals surface area contributed by atoms with Crippen molar-refractivity contribution in [1.29, 1.82) is 0 Å². The molecule has 0 aromatic carbocycles. The highest BCUT2D eigenvalue weighted by molar-refractivity contribution is 5.81. The van der Waals surface area contributed by atoms with Gasteiger partial charge in [-0.25, -0.2) is 0 Å². The molecule has 0 radical (unpaired) electrons. The molecule has 2 saturated heterocycles. The Bertz CT molecular complexity index is 371. The van der Waals surface area contributed by atoms with Crippen LogP contribution in [0.4, 0.5) is 0 Å². The fraction of sp³-hybridized carbons (Fsp3) is 0.941. The number of carbonyl (C=O) groups excluding carboxylic acids is 1. The maximum atomic E-state index is 12.2. The van der Waals surface area contributed by atoms with E-state index in [9.17, 15) is 4.79 Å². The second-order valence-corrected chi connectivity index (χ2v) is 7.58. The van der Waals surface area contributed by atoms with E-state index in [1.54, 1.807) is 0 Å². The molecule has 4 nitrogen and oxygen atoms in total. The zero-order valence-corrected chi connectivity index (χ0v) is 13.6. The Morgan fingerprint density at radius 3 is 2.57 bits per heavy atom. The van der Waals surface area contributed by atoms with Crippen molar-refractivity contribution in [2.45, 2.75) is 50.5 Å². The molecular weight excluding hydrogens is 264 g/mol. The van der Waals surface area contributed by atoms with E-state index in [-0.39, 0.29) is 5.60 Å². The van der Waals surface area contributed by atoms with E-state index in [1.165, 1.54) is 25.8 Å². The molecule has 21 heavy (non-hydrogen) atoms. The highest BCUT2D eigenvalue weighted by Gasteiger charge is 2.42. The third-order valence-corrected chi connectivity index (χ3v) is 5.49. The number of likely N-dealkylation sites (tertiary alicyclic amines) is 1. The first-order valence-electron chi connectivity index (χ1n) is 8.65. The Hall–Kier alpha value is -0.610. The third-order valence-electron chi connectivity index (χ3n) is 5.49. The fourth-order valence-electron chi connectivity index (χ4n) is 3.89. The van der Waals surface area contributed by atoms with Gasteiger partial charge in [0.2, 0.25) is 5.91 Å². The molecule has 3 aliphatic rings. The number of piperidine rings is 1. The van der Waals surface area contributed by atoms with Crippen LogP contribution in [0, 0.1) is 11.8 Å². The van der Waals surface area contributed by atoms with E-state index in [2.05, 4.69) is 23.9 Å². The fourth-order valence-corrected chi connectivity index (χ4v) is 3.89. The first-order valence-corrected chi connectivity index (χ1v) is 8.65. The van der Waals surface area contributed by atoms with Gasteiger partial charge in [0.25, 0.3) is 0 Å². The molecule has 1 unspecified atom stereocenters. The summed E-state index contributed by atoms with van der Waals surface area (Å²) in [5.41, 5.74) is 0.0789. The molecule has 2 heterocycles. The quantitative estimate of drug-likeness (QED) is 0.796. The van der Waals surface area contributed by atoms with Crippen LogP contribution < -0.4 is 0 Å². The molecule has 120 valence electrons. The lowest BCUT2D eigenvalue weighted by atomic mass is 9.78. The van der Waals surface area contributed by atoms with Crippen molar-refractivity contribution in [1.82, 2.24) is 9.80 Å². The number of rotatable bonds is 4. The van der Waals surface area contributed by atoms with Crippen molar-refractivity contribution >= 4 is 5.91 Å². The zero-order chi connectivity index (χ0) is 14.9. The average molecular weight is 294 g/mol. The van der Waals surface area contributed by atoms with Crippen molar-refractivity contribution in [3.8, 4) is 0 Å². The summed E-state index contributed by atoms with van der Waals surface area (Å²) in [4.78, 5) is 16.5. The van der Waals surface area contributed by atoms with Crippen LogP contribution in [0.15, 0.2) is 0 Å². The molecule has 0 aromatic heterocycles. The van der Waals surface area contributed by atoms with Gasteiger partial charge >= 0.3 is 0 Å². The molecule has 1 atom stereocenters. The number of amides is 1. The summed E-state index contributed by atoms with van der Waals surface area (Å²) in [6, 6.07) is 0. The molecule has 0 bridgehead atoms. The smallest absolute Gasteiger partial charge is 0.225 e. The van der Waals surface area contributed by atoms with E-state index in [4.69, 9.17) is 4.74 Å². The second kappa shape index (κ2) is 6.25. The number of nitrogens with zero attached hydrogens (tertiary/aromatic N) is 2. The number of hydrogen-bond acceptors (Lipinski definition) is 3. The molecule has 0 aromatic rings. The molecule has 3 fully saturated rings. The van der Waals surface area contributed by atoms with E-state index in [1.807, 2.05) is 0 Å². The van der Waals surface area contributed by atoms with Crippen LogP contribution in [-0.4, -0.2) is 61.6 Å². The lowest BCUT2D eigenvalue weighted by molar-refractivity contribution is -0.148. The van der Waals surface area contributed by atoms with Gasteiger partial charge in [0, 0.05) is 25.6 Å². The van der Waals surface area contributed by atoms with Crippen molar-refractivity contribution in [3.05, 3.63) is 0 Å². The number of carbonyl (C=O) groups is 1. The molecule has 1 spiro atoms. The standard InChI is InChI=1S/C17H30N2O2/c1-18(2)9-5-14-6-12-21-17(13-14)7-10-19(11-8-17)16(20)15-3-4-15/h14-15H,3-13H2,1-2H3. The summed E-state index contributed by atoms with van der Waals surface area (Å²) in [5, 5.41) is 0. The number of ether oxygens (including phenoxy) is 1. The minimum Gasteiger partial charge on any atom is -0.375 e. The lowest BCUT2D eigenvalue weighted by Gasteiger charge is -2.46. The Morgan fingerprint density at radius 2 is 1.95 bits per heavy atom. The normalized spacial score (nSPS) is 29.1. The molecule has 1 amide bonds. The van der Waals surface area contributed by atoms with Crippen LogP contribution in [0.2, 0.25) is 0 Å². The Labute approximate surface area is 128 Å². The highest BCUT2D eigenvalue weighted by atomic mass is 16.5. The van der Waals surface area contributed by atoms with Gasteiger partial charge in [-0.2, -0.15) is 0 Å². The maximum Gasteiger partial charge on any atom is 0.225 e. The Morgan fingerprint density at radius 1 is 1.24 bits per heavy atom. The van der Waals surface area contributed by atoms with Crippen LogP contribution in [0.25, 0.3) is 0 Å². The topological polar surface area (TPSA) is 32.8 Å². The van der Waals surface area contributed by atoms with Crippen molar-refractivity contribution in [2.24, 2.45) is 11.8 Å². The van der Waals surface area contributed by atoms with Gasteiger partial charge < -0.3 is 14.5 Å². The van der Waals surface area contributed by atoms with Crippen LogP contribution in [0.3, 0.4) is 0 Å². The minimum atomic E-state index is 0.0789. The van der Waals surface area contributed by atoms with Gasteiger partial charge in [-0.15, -0.1) is 0 Å². The molecule has 3 rings (SSSR count). The first-order chi connectivity index (χ1) is 10.1. The number of hydrogen-bond donors (Lipinski definition) is 0. The van der Waals surface area contributed by atoms with E-state index >= 15 is 0 Å². The summed E-state index contributed by atoms with van der Waals surface area (Å²) in [6.07, 6.45) is 8.01. The largest absolute Gasteiger partial charge is 0.375 e. The minimum absolute atomic E-state index is 0.0789. The van der Waals surface area contributed by atoms with Gasteiger partial charge in [-0.3, -0.25) is 4.79 Å². The summed E-state index contributed by atoms with van der Waals surface area (Å²) in [7, 11) is 4.30. The molecule has 1 aliphatic carbocycles. The van der Waals surface area contributed by atoms with Gasteiger partial charge in [0.1, 0.15) is 0 Å². The van der Waals surface area contributed by atoms with Crippen molar-refractivity contribution < 1.29 is 9.53 Å². The first kappa shape index (κ1) is 15.3. The summed E-state index contributed by atoms with van der Waals surface area (Å²) in [5.74, 6) is 1.57. The summed E-state index contributed by atoms with van der Waals surface area (Å²) in [6.45, 7) is 3.91. The molecular formula is C17H30N2O2. The third kappa shape index (κ3) is 3.78. The highest BCUT2D eigenvalue weighted by Crippen LogP contribution is 2.40. The Kier molecular flexibility index (Phi) is 4.55. The van der Waals surface area contributed by atoms with Crippen LogP contribution in [-0.2, 0) is 9.53 Å². The molecule has 2 aliphatic heterocycles. The average Bonchev–Trinajstić information content (AvgIpc) is 3.30. The Balaban J connectivity index is 1.50. The van der Waals surface area contributed by atoms with Gasteiger partial charge in [-0.1, -0.05) is 0 Å². The SMILES string of the molecule is CN(C)CCC1CCOC2(CCN(C(=O)C3CC3)CC2)C1. The maximum absolute atomic E-state index is 12.2. The summed E-state index contributed by atoms with van der Waals surface area (Å²) >= 11 is 0. The van der Waals surface area contributed by atoms with Gasteiger partial charge in [0.15, 0.2) is 0 Å². The summed E-state index contributed by atoms with van der Waals surface area (Å²) < 4.78 is 6.20. The molecule has 1 saturated carbocycles. The van der Waals surface area contributed by atoms with E-state index in [0.29, 0.717) is 11.8 Å². The van der Waals surface area contributed by atoms with Crippen molar-refractivity contribution in [2.75, 3.05) is 40.3 Å². The lowest BCUT2D eigenvalue weighted by Crippen LogP contribution is -2.51. The van der Waals surface area contributed by atoms with Gasteiger partial charge in [-0.05, 0) is 71.5 Å². The zero-order valence-electron chi connectivity index (χ0n) is 13.6. The van der Waals surface area contributed by atoms with E-state index in [0.717, 1.165) is 51.3 Å². The van der Waals surface area contributed by atoms with Crippen molar-refractivity contribution in [3.63, 3.8) is 0 Å².